The first-order valence-electron chi connectivity index (χ1n) is 10.8. The van der Waals surface area contributed by atoms with Crippen LogP contribution in [0.4, 0.5) is 0 Å². The number of guanidine groups is 1. The standard InChI is InChI=1S/C22H38N4O3.HI/c1-4-23-22(24-10-5-11-26-12-8-20(27)9-13-26)25-17-19-7-6-18(2)16-21(19)29-15-14-28-3;/h6-7,16,20,27H,4-5,8-15,17H2,1-3H3,(H2,23,24,25);1H. The molecule has 1 aromatic carbocycles. The number of methoxy groups -OCH3 is 1. The third-order valence-electron chi connectivity index (χ3n) is 5.02. The van der Waals surface area contributed by atoms with E-state index in [0.29, 0.717) is 19.8 Å². The normalized spacial score (nSPS) is 15.5. The maximum Gasteiger partial charge on any atom is 0.191 e. The van der Waals surface area contributed by atoms with Crippen LogP contribution >= 0.6 is 24.0 Å². The van der Waals surface area contributed by atoms with Crippen molar-refractivity contribution in [1.82, 2.24) is 15.5 Å². The van der Waals surface area contributed by atoms with Gasteiger partial charge in [0.2, 0.25) is 0 Å². The van der Waals surface area contributed by atoms with Gasteiger partial charge in [-0.15, -0.1) is 24.0 Å². The van der Waals surface area contributed by atoms with Crippen molar-refractivity contribution in [3.63, 3.8) is 0 Å². The summed E-state index contributed by atoms with van der Waals surface area (Å²) in [4.78, 5) is 7.16. The molecule has 0 saturated carbocycles. The van der Waals surface area contributed by atoms with Gasteiger partial charge in [0.1, 0.15) is 12.4 Å². The molecule has 30 heavy (non-hydrogen) atoms. The summed E-state index contributed by atoms with van der Waals surface area (Å²) < 4.78 is 10.9. The molecule has 2 rings (SSSR count). The number of piperidine rings is 1. The average molecular weight is 534 g/mol. The zero-order valence-electron chi connectivity index (χ0n) is 18.7. The minimum atomic E-state index is -0.109. The van der Waals surface area contributed by atoms with Crippen LogP contribution in [-0.4, -0.2) is 75.1 Å². The molecule has 0 aliphatic carbocycles. The number of rotatable bonds is 11. The van der Waals surface area contributed by atoms with Crippen LogP contribution in [0.3, 0.4) is 0 Å². The highest BCUT2D eigenvalue weighted by Gasteiger charge is 2.16. The van der Waals surface area contributed by atoms with E-state index in [1.165, 1.54) is 5.56 Å². The molecule has 172 valence electrons. The van der Waals surface area contributed by atoms with Crippen LogP contribution in [-0.2, 0) is 11.3 Å². The lowest BCUT2D eigenvalue weighted by Crippen LogP contribution is -2.40. The van der Waals surface area contributed by atoms with Gasteiger partial charge in [0, 0.05) is 38.9 Å². The lowest BCUT2D eigenvalue weighted by atomic mass is 10.1. The van der Waals surface area contributed by atoms with Gasteiger partial charge >= 0.3 is 0 Å². The molecular weight excluding hydrogens is 495 g/mol. The lowest BCUT2D eigenvalue weighted by Gasteiger charge is -2.29. The third-order valence-corrected chi connectivity index (χ3v) is 5.02. The van der Waals surface area contributed by atoms with Crippen molar-refractivity contribution in [1.29, 1.82) is 0 Å². The fourth-order valence-corrected chi connectivity index (χ4v) is 3.32. The number of aliphatic hydroxyl groups is 1. The molecule has 1 heterocycles. The minimum absolute atomic E-state index is 0. The summed E-state index contributed by atoms with van der Waals surface area (Å²) in [5.74, 6) is 1.69. The Bertz CT molecular complexity index is 622. The number of aliphatic imine (C=N–C) groups is 1. The Labute approximate surface area is 198 Å². The van der Waals surface area contributed by atoms with Crippen molar-refractivity contribution >= 4 is 29.9 Å². The molecule has 8 heteroatoms. The summed E-state index contributed by atoms with van der Waals surface area (Å²) >= 11 is 0. The highest BCUT2D eigenvalue weighted by atomic mass is 127. The van der Waals surface area contributed by atoms with E-state index in [0.717, 1.165) is 69.3 Å². The average Bonchev–Trinajstić information content (AvgIpc) is 2.72. The maximum absolute atomic E-state index is 9.60. The van der Waals surface area contributed by atoms with E-state index in [9.17, 15) is 5.11 Å². The summed E-state index contributed by atoms with van der Waals surface area (Å²) in [6, 6.07) is 6.22. The Morgan fingerprint density at radius 2 is 2.00 bits per heavy atom. The molecule has 0 unspecified atom stereocenters. The molecule has 0 bridgehead atoms. The topological polar surface area (TPSA) is 78.4 Å². The first kappa shape index (κ1) is 26.9. The summed E-state index contributed by atoms with van der Waals surface area (Å²) in [7, 11) is 1.67. The molecule has 7 nitrogen and oxygen atoms in total. The van der Waals surface area contributed by atoms with Crippen LogP contribution in [0.5, 0.6) is 5.75 Å². The molecule has 0 aromatic heterocycles. The van der Waals surface area contributed by atoms with Gasteiger partial charge in [0.15, 0.2) is 5.96 Å². The van der Waals surface area contributed by atoms with Gasteiger partial charge < -0.3 is 30.1 Å². The Morgan fingerprint density at radius 1 is 1.23 bits per heavy atom. The molecule has 1 saturated heterocycles. The molecule has 0 amide bonds. The number of aryl methyl sites for hydroxylation is 1. The molecule has 0 spiro atoms. The number of aliphatic hydroxyl groups excluding tert-OH is 1. The summed E-state index contributed by atoms with van der Waals surface area (Å²) in [6.45, 7) is 10.5. The first-order valence-corrected chi connectivity index (χ1v) is 10.8. The summed E-state index contributed by atoms with van der Waals surface area (Å²) in [6.07, 6.45) is 2.73. The van der Waals surface area contributed by atoms with Crippen LogP contribution in [0.2, 0.25) is 0 Å². The van der Waals surface area contributed by atoms with E-state index in [1.54, 1.807) is 7.11 Å². The van der Waals surface area contributed by atoms with Crippen LogP contribution in [0.25, 0.3) is 0 Å². The van der Waals surface area contributed by atoms with Crippen LogP contribution in [0.15, 0.2) is 23.2 Å². The molecule has 1 aliphatic heterocycles. The highest BCUT2D eigenvalue weighted by Crippen LogP contribution is 2.21. The quantitative estimate of drug-likeness (QED) is 0.175. The van der Waals surface area contributed by atoms with Crippen molar-refractivity contribution in [3.05, 3.63) is 29.3 Å². The second-order valence-electron chi connectivity index (χ2n) is 7.50. The number of hydrogen-bond donors (Lipinski definition) is 3. The smallest absolute Gasteiger partial charge is 0.191 e. The van der Waals surface area contributed by atoms with Crippen LogP contribution in [0, 0.1) is 6.92 Å². The van der Waals surface area contributed by atoms with Crippen LogP contribution in [0.1, 0.15) is 37.3 Å². The highest BCUT2D eigenvalue weighted by molar-refractivity contribution is 14.0. The molecule has 0 atom stereocenters. The van der Waals surface area contributed by atoms with Gasteiger partial charge in [-0.2, -0.15) is 0 Å². The largest absolute Gasteiger partial charge is 0.491 e. The zero-order chi connectivity index (χ0) is 20.9. The van der Waals surface area contributed by atoms with E-state index >= 15 is 0 Å². The Balaban J connectivity index is 0.00000450. The van der Waals surface area contributed by atoms with Crippen molar-refractivity contribution in [2.45, 2.75) is 45.8 Å². The molecule has 3 N–H and O–H groups in total. The maximum atomic E-state index is 9.60. The fraction of sp³-hybridized carbons (Fsp3) is 0.682. The predicted octanol–water partition coefficient (Wildman–Crippen LogP) is 2.54. The van der Waals surface area contributed by atoms with E-state index < -0.39 is 0 Å². The van der Waals surface area contributed by atoms with Crippen molar-refractivity contribution < 1.29 is 14.6 Å². The van der Waals surface area contributed by atoms with Crippen molar-refractivity contribution in [3.8, 4) is 5.75 Å². The number of nitrogens with zero attached hydrogens (tertiary/aromatic N) is 2. The summed E-state index contributed by atoms with van der Waals surface area (Å²) in [5, 5.41) is 16.3. The van der Waals surface area contributed by atoms with Gasteiger partial charge in [-0.3, -0.25) is 0 Å². The molecular formula is C22H39IN4O3. The SMILES string of the molecule is CCNC(=NCc1ccc(C)cc1OCCOC)NCCCN1CCC(O)CC1.I. The van der Waals surface area contributed by atoms with Gasteiger partial charge in [-0.25, -0.2) is 4.99 Å². The fourth-order valence-electron chi connectivity index (χ4n) is 3.32. The predicted molar refractivity (Wildman–Crippen MR) is 133 cm³/mol. The second kappa shape index (κ2) is 15.7. The number of ether oxygens (including phenoxy) is 2. The third kappa shape index (κ3) is 10.3. The number of hydrogen-bond acceptors (Lipinski definition) is 5. The number of halogens is 1. The molecule has 1 aliphatic rings. The van der Waals surface area contributed by atoms with Gasteiger partial charge in [-0.05, 0) is 51.3 Å². The van der Waals surface area contributed by atoms with Crippen LogP contribution < -0.4 is 15.4 Å². The Kier molecular flexibility index (Phi) is 14.1. The second-order valence-corrected chi connectivity index (χ2v) is 7.50. The number of nitrogens with one attached hydrogen (secondary N) is 2. The lowest BCUT2D eigenvalue weighted by molar-refractivity contribution is 0.0823. The zero-order valence-corrected chi connectivity index (χ0v) is 21.0. The molecule has 1 aromatic rings. The Hall–Kier alpha value is -1.10. The van der Waals surface area contributed by atoms with Gasteiger partial charge in [-0.1, -0.05) is 12.1 Å². The van der Waals surface area contributed by atoms with E-state index in [2.05, 4.69) is 47.6 Å². The van der Waals surface area contributed by atoms with E-state index in [1.807, 2.05) is 0 Å². The monoisotopic (exact) mass is 534 g/mol. The van der Waals surface area contributed by atoms with Gasteiger partial charge in [0.25, 0.3) is 0 Å². The van der Waals surface area contributed by atoms with Crippen molar-refractivity contribution in [2.75, 3.05) is 53.0 Å². The number of likely N-dealkylation sites (tertiary alicyclic amines) is 1. The molecule has 0 radical (unpaired) electrons. The number of benzene rings is 1. The van der Waals surface area contributed by atoms with E-state index in [4.69, 9.17) is 14.5 Å². The van der Waals surface area contributed by atoms with E-state index in [-0.39, 0.29) is 30.1 Å². The summed E-state index contributed by atoms with van der Waals surface area (Å²) in [5.41, 5.74) is 2.23. The first-order chi connectivity index (χ1) is 14.1. The van der Waals surface area contributed by atoms with Crippen molar-refractivity contribution in [2.24, 2.45) is 4.99 Å². The van der Waals surface area contributed by atoms with Gasteiger partial charge in [0.05, 0.1) is 19.3 Å². The minimum Gasteiger partial charge on any atom is -0.491 e. The molecule has 1 fully saturated rings. The Morgan fingerprint density at radius 3 is 2.70 bits per heavy atom.